The third-order valence-electron chi connectivity index (χ3n) is 6.57. The summed E-state index contributed by atoms with van der Waals surface area (Å²) in [5, 5.41) is 1.68. The molecule has 2 heterocycles. The smallest absolute Gasteiger partial charge is 0.416 e. The second-order valence-corrected chi connectivity index (χ2v) is 10.0. The van der Waals surface area contributed by atoms with E-state index in [9.17, 15) is 4.79 Å². The summed E-state index contributed by atoms with van der Waals surface area (Å²) in [6.07, 6.45) is 6.78. The highest BCUT2D eigenvalue weighted by Gasteiger charge is 2.36. The Labute approximate surface area is 215 Å². The van der Waals surface area contributed by atoms with Gasteiger partial charge in [0.05, 0.1) is 12.0 Å². The van der Waals surface area contributed by atoms with Crippen LogP contribution in [0.3, 0.4) is 0 Å². The number of fused-ring (bicyclic) bond motifs is 3. The van der Waals surface area contributed by atoms with Gasteiger partial charge < -0.3 is 14.5 Å². The Balaban J connectivity index is 1.51. The number of amides is 1. The lowest BCUT2D eigenvalue weighted by Gasteiger charge is -2.35. The number of nitrogens with one attached hydrogen (secondary N) is 1. The lowest BCUT2D eigenvalue weighted by atomic mass is 9.92. The van der Waals surface area contributed by atoms with Crippen LogP contribution in [-0.4, -0.2) is 34.5 Å². The van der Waals surface area contributed by atoms with Gasteiger partial charge in [0.25, 0.3) is 0 Å². The van der Waals surface area contributed by atoms with E-state index < -0.39 is 0 Å². The van der Waals surface area contributed by atoms with Crippen LogP contribution in [0.15, 0.2) is 66.5 Å². The lowest BCUT2D eigenvalue weighted by molar-refractivity contribution is 0.114. The molecule has 0 spiro atoms. The van der Waals surface area contributed by atoms with E-state index >= 15 is 0 Å². The number of benzene rings is 2. The molecular weight excluding hydrogens is 483 g/mol. The third kappa shape index (κ3) is 4.80. The molecule has 3 aromatic rings. The zero-order valence-electron chi connectivity index (χ0n) is 19.8. The minimum absolute atomic E-state index is 0.0855. The van der Waals surface area contributed by atoms with Gasteiger partial charge in [-0.25, -0.2) is 4.79 Å². The number of hydrogen-bond donors (Lipinski definition) is 1. The van der Waals surface area contributed by atoms with Crippen molar-refractivity contribution < 1.29 is 14.3 Å². The van der Waals surface area contributed by atoms with E-state index in [4.69, 9.17) is 32.7 Å². The van der Waals surface area contributed by atoms with Crippen molar-refractivity contribution in [1.82, 2.24) is 9.88 Å². The molecule has 2 unspecified atom stereocenters. The monoisotopic (exact) mass is 510 g/mol. The minimum atomic E-state index is -0.389. The number of ether oxygens (including phenoxy) is 2. The predicted octanol–water partition coefficient (Wildman–Crippen LogP) is 7.39. The zero-order chi connectivity index (χ0) is 24.5. The molecule has 0 bridgehead atoms. The number of nitrogens with zero attached hydrogens (tertiary/aromatic N) is 1. The Morgan fingerprint density at radius 1 is 1.20 bits per heavy atom. The van der Waals surface area contributed by atoms with Gasteiger partial charge in [0.1, 0.15) is 17.6 Å². The normalized spacial score (nSPS) is 21.5. The number of carbonyl (C=O) groups is 1. The van der Waals surface area contributed by atoms with Crippen LogP contribution in [0.5, 0.6) is 5.75 Å². The fourth-order valence-electron chi connectivity index (χ4n) is 4.77. The summed E-state index contributed by atoms with van der Waals surface area (Å²) in [6, 6.07) is 13.5. The van der Waals surface area contributed by atoms with Crippen LogP contribution in [-0.2, 0) is 11.2 Å². The number of allylic oxidation sites excluding steroid dienone is 3. The van der Waals surface area contributed by atoms with Crippen molar-refractivity contribution in [2.45, 2.75) is 38.1 Å². The van der Waals surface area contributed by atoms with Gasteiger partial charge >= 0.3 is 6.09 Å². The first-order valence-corrected chi connectivity index (χ1v) is 12.8. The van der Waals surface area contributed by atoms with Crippen molar-refractivity contribution in [3.8, 4) is 5.75 Å². The molecule has 2 aromatic carbocycles. The van der Waals surface area contributed by atoms with E-state index in [1.165, 1.54) is 5.56 Å². The van der Waals surface area contributed by atoms with Crippen molar-refractivity contribution in [1.29, 1.82) is 0 Å². The van der Waals surface area contributed by atoms with Crippen molar-refractivity contribution in [3.63, 3.8) is 0 Å². The Morgan fingerprint density at radius 3 is 2.74 bits per heavy atom. The molecule has 2 aliphatic rings. The first kappa shape index (κ1) is 23.8. The summed E-state index contributed by atoms with van der Waals surface area (Å²) in [7, 11) is 0. The summed E-state index contributed by atoms with van der Waals surface area (Å²) in [5.41, 5.74) is 4.14. The third-order valence-corrected chi connectivity index (χ3v) is 7.35. The molecule has 7 heteroatoms. The number of halogens is 2. The van der Waals surface area contributed by atoms with E-state index in [-0.39, 0.29) is 23.4 Å². The minimum Gasteiger partial charge on any atom is -0.494 e. The van der Waals surface area contributed by atoms with Gasteiger partial charge in [-0.05, 0) is 72.4 Å². The summed E-state index contributed by atoms with van der Waals surface area (Å²) < 4.78 is 11.6. The van der Waals surface area contributed by atoms with Crippen LogP contribution in [0.4, 0.5) is 4.79 Å². The van der Waals surface area contributed by atoms with E-state index in [2.05, 4.69) is 11.9 Å². The lowest BCUT2D eigenvalue weighted by Crippen LogP contribution is -2.41. The molecule has 1 aliphatic carbocycles. The number of hydrogen-bond acceptors (Lipinski definition) is 3. The maximum Gasteiger partial charge on any atom is 0.416 e. The summed E-state index contributed by atoms with van der Waals surface area (Å²) >= 11 is 12.6. The molecule has 0 saturated heterocycles. The second-order valence-electron chi connectivity index (χ2n) is 9.07. The molecule has 1 aromatic heterocycles. The van der Waals surface area contributed by atoms with Crippen molar-refractivity contribution in [2.24, 2.45) is 5.92 Å². The maximum atomic E-state index is 13.5. The van der Waals surface area contributed by atoms with Crippen molar-refractivity contribution in [2.75, 3.05) is 13.2 Å². The average Bonchev–Trinajstić information content (AvgIpc) is 3.22. The molecule has 5 rings (SSSR count). The molecule has 3 atom stereocenters. The van der Waals surface area contributed by atoms with E-state index in [1.54, 1.807) is 11.0 Å². The Bertz CT molecular complexity index is 1300. The molecule has 0 saturated carbocycles. The summed E-state index contributed by atoms with van der Waals surface area (Å²) in [5.74, 6) is 1.42. The second kappa shape index (κ2) is 10.00. The topological polar surface area (TPSA) is 54.6 Å². The van der Waals surface area contributed by atoms with Gasteiger partial charge in [0.2, 0.25) is 0 Å². The fraction of sp³-hybridized carbons (Fsp3) is 0.321. The first-order valence-electron chi connectivity index (χ1n) is 12.0. The number of carbonyl (C=O) groups excluding carboxylic acids is 1. The molecule has 0 fully saturated rings. The Kier molecular flexibility index (Phi) is 6.81. The standard InChI is InChI=1S/C28H28Cl2N2O3/c1-3-14-34-20-7-4-18(5-8-20)27-26-22(23-16-19(29)6-11-25(23)31-26)12-13-32(27)28(33)35-21-9-10-24(30)17(2)15-21/h4-11,15-17,24,27,31H,3,12-14H2,1-2H3/t17-,24?,27?/m0/s1. The van der Waals surface area contributed by atoms with Gasteiger partial charge in [-0.15, -0.1) is 11.6 Å². The van der Waals surface area contributed by atoms with Crippen LogP contribution in [0.2, 0.25) is 5.02 Å². The van der Waals surface area contributed by atoms with Crippen LogP contribution >= 0.6 is 23.2 Å². The fourth-order valence-corrected chi connectivity index (χ4v) is 5.08. The van der Waals surface area contributed by atoms with Gasteiger partial charge in [-0.1, -0.05) is 43.7 Å². The maximum absolute atomic E-state index is 13.5. The molecule has 1 amide bonds. The molecule has 0 radical (unpaired) electrons. The number of H-pyrrole nitrogens is 1. The highest BCUT2D eigenvalue weighted by atomic mass is 35.5. The van der Waals surface area contributed by atoms with Crippen LogP contribution in [0.1, 0.15) is 43.1 Å². The van der Waals surface area contributed by atoms with Crippen molar-refractivity contribution in [3.05, 3.63) is 88.3 Å². The highest BCUT2D eigenvalue weighted by Crippen LogP contribution is 2.40. The molecule has 1 N–H and O–H groups in total. The molecular formula is C28H28Cl2N2O3. The van der Waals surface area contributed by atoms with Gasteiger partial charge in [-0.3, -0.25) is 4.90 Å². The zero-order valence-corrected chi connectivity index (χ0v) is 21.3. The van der Waals surface area contributed by atoms with E-state index in [0.717, 1.165) is 34.3 Å². The molecule has 35 heavy (non-hydrogen) atoms. The SMILES string of the molecule is CCCOc1ccc(C2c3[nH]c4ccc(Cl)cc4c3CCN2C(=O)OC2=C[C@H](C)C(Cl)C=C2)cc1. The Morgan fingerprint density at radius 2 is 2.00 bits per heavy atom. The molecule has 182 valence electrons. The van der Waals surface area contributed by atoms with Crippen LogP contribution < -0.4 is 4.74 Å². The van der Waals surface area contributed by atoms with Crippen molar-refractivity contribution >= 4 is 40.2 Å². The number of alkyl halides is 1. The van der Waals surface area contributed by atoms with E-state index in [0.29, 0.717) is 30.4 Å². The Hall–Kier alpha value is -2.89. The molecule has 5 nitrogen and oxygen atoms in total. The number of aromatic nitrogens is 1. The number of aromatic amines is 1. The molecule has 1 aliphatic heterocycles. The quantitative estimate of drug-likeness (QED) is 0.364. The van der Waals surface area contributed by atoms with Gasteiger partial charge in [0.15, 0.2) is 0 Å². The number of rotatable bonds is 5. The largest absolute Gasteiger partial charge is 0.494 e. The highest BCUT2D eigenvalue weighted by molar-refractivity contribution is 6.31. The van der Waals surface area contributed by atoms with Crippen LogP contribution in [0.25, 0.3) is 10.9 Å². The predicted molar refractivity (Wildman–Crippen MR) is 140 cm³/mol. The summed E-state index contributed by atoms with van der Waals surface area (Å²) in [4.78, 5) is 18.8. The average molecular weight is 511 g/mol. The summed E-state index contributed by atoms with van der Waals surface area (Å²) in [6.45, 7) is 5.27. The van der Waals surface area contributed by atoms with Gasteiger partial charge in [0, 0.05) is 28.2 Å². The van der Waals surface area contributed by atoms with Gasteiger partial charge in [-0.2, -0.15) is 0 Å². The van der Waals surface area contributed by atoms with Crippen LogP contribution in [0, 0.1) is 5.92 Å². The van der Waals surface area contributed by atoms with E-state index in [1.807, 2.05) is 61.5 Å². The first-order chi connectivity index (χ1) is 16.9.